The summed E-state index contributed by atoms with van der Waals surface area (Å²) >= 11 is 0. The van der Waals surface area contributed by atoms with E-state index in [0.29, 0.717) is 22.9 Å². The van der Waals surface area contributed by atoms with Crippen LogP contribution in [0.2, 0.25) is 0 Å². The van der Waals surface area contributed by atoms with Crippen LogP contribution in [0.3, 0.4) is 0 Å². The van der Waals surface area contributed by atoms with Gasteiger partial charge in [0.2, 0.25) is 0 Å². The molecule has 0 aliphatic carbocycles. The van der Waals surface area contributed by atoms with Crippen LogP contribution in [0.25, 0.3) is 5.69 Å². The standard InChI is InChI=1S/C20H20F3N3O5/c1-19(28,12-27)13-30-17-4-2-15(3-5-17)26-10-14(24-25-26)11-29-16-6-8-18(9-7-16)31-20(21,22)23/h2-10,27-28H,11-13H2,1H3/t19-/m1/s1. The van der Waals surface area contributed by atoms with E-state index in [1.807, 2.05) is 0 Å². The van der Waals surface area contributed by atoms with E-state index in [1.54, 1.807) is 30.5 Å². The van der Waals surface area contributed by atoms with Crippen LogP contribution in [0.15, 0.2) is 54.7 Å². The first kappa shape index (κ1) is 22.4. The number of rotatable bonds is 9. The fraction of sp³-hybridized carbons (Fsp3) is 0.300. The Kier molecular flexibility index (Phi) is 6.66. The average molecular weight is 439 g/mol. The van der Waals surface area contributed by atoms with Gasteiger partial charge in [-0.1, -0.05) is 5.21 Å². The quantitative estimate of drug-likeness (QED) is 0.529. The maximum absolute atomic E-state index is 12.2. The van der Waals surface area contributed by atoms with Crippen LogP contribution in [-0.2, 0) is 6.61 Å². The van der Waals surface area contributed by atoms with Crippen molar-refractivity contribution in [3.05, 3.63) is 60.4 Å². The van der Waals surface area contributed by atoms with Crippen molar-refractivity contribution in [2.24, 2.45) is 0 Å². The molecule has 0 aliphatic heterocycles. The number of aliphatic hydroxyl groups is 2. The molecule has 0 amide bonds. The van der Waals surface area contributed by atoms with Gasteiger partial charge in [-0.15, -0.1) is 18.3 Å². The highest BCUT2D eigenvalue weighted by atomic mass is 19.4. The SMILES string of the molecule is C[C@@](O)(CO)COc1ccc(-n2cc(COc3ccc(OC(F)(F)F)cc3)nn2)cc1. The minimum Gasteiger partial charge on any atom is -0.491 e. The fourth-order valence-electron chi connectivity index (χ4n) is 2.37. The third-order valence-corrected chi connectivity index (χ3v) is 3.98. The van der Waals surface area contributed by atoms with Crippen molar-refractivity contribution < 1.29 is 37.6 Å². The molecule has 31 heavy (non-hydrogen) atoms. The smallest absolute Gasteiger partial charge is 0.491 e. The molecular formula is C20H20F3N3O5. The zero-order valence-corrected chi connectivity index (χ0v) is 16.4. The molecule has 3 aromatic rings. The van der Waals surface area contributed by atoms with Crippen molar-refractivity contribution in [1.29, 1.82) is 0 Å². The Balaban J connectivity index is 1.54. The first-order valence-electron chi connectivity index (χ1n) is 9.10. The average Bonchev–Trinajstić information content (AvgIpc) is 3.20. The Morgan fingerprint density at radius 3 is 2.13 bits per heavy atom. The molecule has 0 aliphatic rings. The summed E-state index contributed by atoms with van der Waals surface area (Å²) in [6.45, 7) is 1.05. The van der Waals surface area contributed by atoms with Crippen molar-refractivity contribution >= 4 is 0 Å². The Labute approximate surface area is 175 Å². The molecule has 1 heterocycles. The number of aliphatic hydroxyl groups excluding tert-OH is 1. The zero-order chi connectivity index (χ0) is 22.5. The van der Waals surface area contributed by atoms with E-state index in [2.05, 4.69) is 15.0 Å². The molecule has 0 spiro atoms. The van der Waals surface area contributed by atoms with Crippen LogP contribution >= 0.6 is 0 Å². The maximum Gasteiger partial charge on any atom is 0.573 e. The third-order valence-electron chi connectivity index (χ3n) is 3.98. The van der Waals surface area contributed by atoms with Gasteiger partial charge in [0.1, 0.15) is 41.8 Å². The molecule has 3 rings (SSSR count). The van der Waals surface area contributed by atoms with E-state index >= 15 is 0 Å². The molecule has 8 nitrogen and oxygen atoms in total. The lowest BCUT2D eigenvalue weighted by molar-refractivity contribution is -0.274. The highest BCUT2D eigenvalue weighted by Crippen LogP contribution is 2.25. The van der Waals surface area contributed by atoms with E-state index in [0.717, 1.165) is 12.1 Å². The number of hydrogen-bond donors (Lipinski definition) is 2. The maximum atomic E-state index is 12.2. The number of halogens is 3. The molecule has 0 bridgehead atoms. The first-order valence-corrected chi connectivity index (χ1v) is 9.10. The van der Waals surface area contributed by atoms with Gasteiger partial charge >= 0.3 is 6.36 Å². The minimum absolute atomic E-state index is 0.0586. The molecule has 0 saturated carbocycles. The number of ether oxygens (including phenoxy) is 3. The van der Waals surface area contributed by atoms with E-state index in [4.69, 9.17) is 14.6 Å². The summed E-state index contributed by atoms with van der Waals surface area (Å²) in [5.74, 6) is 0.529. The molecule has 166 valence electrons. The van der Waals surface area contributed by atoms with Crippen LogP contribution in [0.1, 0.15) is 12.6 Å². The molecule has 0 saturated heterocycles. The van der Waals surface area contributed by atoms with Gasteiger partial charge in [-0.25, -0.2) is 4.68 Å². The number of benzene rings is 2. The molecule has 1 atom stereocenters. The summed E-state index contributed by atoms with van der Waals surface area (Å²) in [4.78, 5) is 0. The summed E-state index contributed by atoms with van der Waals surface area (Å²) in [7, 11) is 0. The predicted octanol–water partition coefficient (Wildman–Crippen LogP) is 2.87. The van der Waals surface area contributed by atoms with E-state index in [9.17, 15) is 18.3 Å². The van der Waals surface area contributed by atoms with Crippen LogP contribution < -0.4 is 14.2 Å². The van der Waals surface area contributed by atoms with E-state index in [-0.39, 0.29) is 19.0 Å². The van der Waals surface area contributed by atoms with Gasteiger partial charge in [0.15, 0.2) is 0 Å². The largest absolute Gasteiger partial charge is 0.573 e. The van der Waals surface area contributed by atoms with Gasteiger partial charge in [0.05, 0.1) is 18.5 Å². The van der Waals surface area contributed by atoms with Crippen molar-refractivity contribution in [3.8, 4) is 22.9 Å². The fourth-order valence-corrected chi connectivity index (χ4v) is 2.37. The number of hydrogen-bond acceptors (Lipinski definition) is 7. The highest BCUT2D eigenvalue weighted by Gasteiger charge is 2.31. The number of alkyl halides is 3. The zero-order valence-electron chi connectivity index (χ0n) is 16.4. The van der Waals surface area contributed by atoms with E-state index < -0.39 is 18.6 Å². The van der Waals surface area contributed by atoms with Crippen LogP contribution in [0.4, 0.5) is 13.2 Å². The van der Waals surface area contributed by atoms with Crippen molar-refractivity contribution in [2.45, 2.75) is 25.5 Å². The van der Waals surface area contributed by atoms with Gasteiger partial charge < -0.3 is 24.4 Å². The topological polar surface area (TPSA) is 98.9 Å². The summed E-state index contributed by atoms with van der Waals surface area (Å²) in [6, 6.07) is 11.9. The molecule has 2 aromatic carbocycles. The lowest BCUT2D eigenvalue weighted by Gasteiger charge is -2.20. The van der Waals surface area contributed by atoms with Crippen LogP contribution in [-0.4, -0.2) is 50.4 Å². The number of aromatic nitrogens is 3. The van der Waals surface area contributed by atoms with Crippen LogP contribution in [0.5, 0.6) is 17.2 Å². The molecule has 11 heteroatoms. The Hall–Kier alpha value is -3.31. The van der Waals surface area contributed by atoms with Crippen molar-refractivity contribution in [1.82, 2.24) is 15.0 Å². The molecule has 0 unspecified atom stereocenters. The van der Waals surface area contributed by atoms with E-state index in [1.165, 1.54) is 23.7 Å². The summed E-state index contributed by atoms with van der Waals surface area (Å²) in [5.41, 5.74) is -0.117. The Morgan fingerprint density at radius 1 is 0.935 bits per heavy atom. The van der Waals surface area contributed by atoms with Crippen molar-refractivity contribution in [3.63, 3.8) is 0 Å². The number of nitrogens with zero attached hydrogens (tertiary/aromatic N) is 3. The minimum atomic E-state index is -4.75. The molecule has 1 aromatic heterocycles. The predicted molar refractivity (Wildman–Crippen MR) is 102 cm³/mol. The van der Waals surface area contributed by atoms with Gasteiger partial charge in [-0.2, -0.15) is 0 Å². The monoisotopic (exact) mass is 439 g/mol. The second-order valence-electron chi connectivity index (χ2n) is 6.90. The molecule has 2 N–H and O–H groups in total. The molecular weight excluding hydrogens is 419 g/mol. The summed E-state index contributed by atoms with van der Waals surface area (Å²) in [6.07, 6.45) is -3.10. The highest BCUT2D eigenvalue weighted by molar-refractivity contribution is 5.37. The van der Waals surface area contributed by atoms with Gasteiger partial charge in [-0.3, -0.25) is 0 Å². The second-order valence-corrected chi connectivity index (χ2v) is 6.90. The molecule has 0 radical (unpaired) electrons. The van der Waals surface area contributed by atoms with Crippen molar-refractivity contribution in [2.75, 3.05) is 13.2 Å². The Bertz CT molecular complexity index is 973. The summed E-state index contributed by atoms with van der Waals surface area (Å²) in [5, 5.41) is 26.8. The lowest BCUT2D eigenvalue weighted by atomic mass is 10.1. The van der Waals surface area contributed by atoms with Gasteiger partial charge in [0, 0.05) is 0 Å². The normalized spacial score (nSPS) is 13.5. The lowest BCUT2D eigenvalue weighted by Crippen LogP contribution is -2.36. The first-order chi connectivity index (χ1) is 14.6. The summed E-state index contributed by atoms with van der Waals surface area (Å²) < 4.78 is 52.8. The van der Waals surface area contributed by atoms with Gasteiger partial charge in [0.25, 0.3) is 0 Å². The van der Waals surface area contributed by atoms with Crippen LogP contribution in [0, 0.1) is 0 Å². The Morgan fingerprint density at radius 2 is 1.52 bits per heavy atom. The third kappa shape index (κ3) is 6.86. The van der Waals surface area contributed by atoms with Gasteiger partial charge in [-0.05, 0) is 55.5 Å². The second kappa shape index (κ2) is 9.23. The molecule has 0 fully saturated rings.